The molecule has 2 aromatic heterocycles. The molecule has 1 aromatic carbocycles. The highest BCUT2D eigenvalue weighted by molar-refractivity contribution is 6.37. The summed E-state index contributed by atoms with van der Waals surface area (Å²) in [6.07, 6.45) is 0. The molecule has 0 spiro atoms. The molecule has 29 heavy (non-hydrogen) atoms. The smallest absolute Gasteiger partial charge is 0.329 e. The first-order chi connectivity index (χ1) is 13.7. The second-order valence-corrected chi connectivity index (χ2v) is 6.57. The Morgan fingerprint density at radius 2 is 2.03 bits per heavy atom. The van der Waals surface area contributed by atoms with E-state index in [1.165, 1.54) is 20.0 Å². The van der Waals surface area contributed by atoms with Crippen LogP contribution in [0.2, 0.25) is 0 Å². The van der Waals surface area contributed by atoms with E-state index >= 15 is 0 Å². The molecule has 144 valence electrons. The monoisotopic (exact) mass is 391 g/mol. The average Bonchev–Trinajstić information content (AvgIpc) is 2.64. The fraction of sp³-hybridized carbons (Fsp3) is 0.105. The van der Waals surface area contributed by atoms with Gasteiger partial charge in [0.25, 0.3) is 0 Å². The van der Waals surface area contributed by atoms with Crippen molar-refractivity contribution in [2.75, 3.05) is 5.73 Å². The average molecular weight is 391 g/mol. The number of aromatic amines is 1. The van der Waals surface area contributed by atoms with E-state index in [2.05, 4.69) is 9.97 Å². The van der Waals surface area contributed by atoms with Gasteiger partial charge in [-0.15, -0.1) is 0 Å². The maximum absolute atomic E-state index is 13.6. The number of benzene rings is 1. The third kappa shape index (κ3) is 3.99. The largest absolute Gasteiger partial charge is 0.384 e. The number of ketones is 1. The Labute approximate surface area is 164 Å². The lowest BCUT2D eigenvalue weighted by atomic mass is 9.90. The van der Waals surface area contributed by atoms with Crippen molar-refractivity contribution >= 4 is 24.9 Å². The van der Waals surface area contributed by atoms with Gasteiger partial charge in [0, 0.05) is 11.0 Å². The van der Waals surface area contributed by atoms with Gasteiger partial charge in [-0.1, -0.05) is 0 Å². The Kier molecular flexibility index (Phi) is 5.15. The molecule has 0 saturated heterocycles. The molecule has 0 aliphatic heterocycles. The van der Waals surface area contributed by atoms with Crippen LogP contribution in [-0.2, 0) is 6.54 Å². The summed E-state index contributed by atoms with van der Waals surface area (Å²) in [5, 5.41) is 9.16. The molecule has 10 heteroatoms. The lowest BCUT2D eigenvalue weighted by Crippen LogP contribution is -2.45. The van der Waals surface area contributed by atoms with Crippen LogP contribution in [0.3, 0.4) is 0 Å². The van der Waals surface area contributed by atoms with Crippen LogP contribution in [0.1, 0.15) is 32.7 Å². The Bertz CT molecular complexity index is 1290. The molecule has 3 N–H and O–H groups in total. The number of H-pyrrole nitrogens is 1. The van der Waals surface area contributed by atoms with Gasteiger partial charge in [-0.3, -0.25) is 19.1 Å². The Morgan fingerprint density at radius 1 is 1.31 bits per heavy atom. The SMILES string of the molecule is Bc1c(C(=O)c2cc(C)cc(C#N)c2)n(Cc2cc(N)nc(F)c2)c(=O)[nH]c1=O. The fourth-order valence-corrected chi connectivity index (χ4v) is 3.08. The fourth-order valence-electron chi connectivity index (χ4n) is 3.08. The maximum Gasteiger partial charge on any atom is 0.329 e. The van der Waals surface area contributed by atoms with Crippen LogP contribution in [-0.4, -0.2) is 28.2 Å². The zero-order valence-corrected chi connectivity index (χ0v) is 15.6. The lowest BCUT2D eigenvalue weighted by molar-refractivity contribution is 0.103. The zero-order valence-electron chi connectivity index (χ0n) is 15.6. The molecular weight excluding hydrogens is 376 g/mol. The minimum atomic E-state index is -0.834. The number of carbonyl (C=O) groups is 1. The Balaban J connectivity index is 2.22. The van der Waals surface area contributed by atoms with Crippen molar-refractivity contribution in [2.45, 2.75) is 13.5 Å². The highest BCUT2D eigenvalue weighted by Gasteiger charge is 2.21. The first-order valence-electron chi connectivity index (χ1n) is 8.51. The van der Waals surface area contributed by atoms with Gasteiger partial charge in [0.2, 0.25) is 17.3 Å². The summed E-state index contributed by atoms with van der Waals surface area (Å²) in [5.41, 5.74) is 5.29. The summed E-state index contributed by atoms with van der Waals surface area (Å²) in [7, 11) is 1.41. The van der Waals surface area contributed by atoms with Crippen LogP contribution in [0.4, 0.5) is 10.2 Å². The number of aryl methyl sites for hydroxylation is 1. The minimum Gasteiger partial charge on any atom is -0.384 e. The number of anilines is 1. The van der Waals surface area contributed by atoms with Crippen molar-refractivity contribution in [2.24, 2.45) is 0 Å². The number of rotatable bonds is 4. The summed E-state index contributed by atoms with van der Waals surface area (Å²) >= 11 is 0. The van der Waals surface area contributed by atoms with Gasteiger partial charge in [0.1, 0.15) is 13.7 Å². The lowest BCUT2D eigenvalue weighted by Gasteiger charge is -2.15. The molecule has 0 aliphatic carbocycles. The number of nitrogens with one attached hydrogen (secondary N) is 1. The van der Waals surface area contributed by atoms with E-state index in [0.29, 0.717) is 11.1 Å². The number of nitrogens with two attached hydrogens (primary N) is 1. The third-order valence-corrected chi connectivity index (χ3v) is 4.33. The molecule has 0 fully saturated rings. The Morgan fingerprint density at radius 3 is 2.69 bits per heavy atom. The number of pyridine rings is 1. The van der Waals surface area contributed by atoms with Gasteiger partial charge < -0.3 is 5.73 Å². The molecule has 0 atom stereocenters. The number of aromatic nitrogens is 3. The van der Waals surface area contributed by atoms with E-state index < -0.39 is 23.0 Å². The first kappa shape index (κ1) is 19.8. The number of halogens is 1. The Hall–Kier alpha value is -4.00. The molecule has 3 aromatic rings. The van der Waals surface area contributed by atoms with Crippen LogP contribution in [0.5, 0.6) is 0 Å². The first-order valence-corrected chi connectivity index (χ1v) is 8.51. The second-order valence-electron chi connectivity index (χ2n) is 6.57. The predicted molar refractivity (Wildman–Crippen MR) is 107 cm³/mol. The molecule has 0 radical (unpaired) electrons. The molecule has 2 heterocycles. The summed E-state index contributed by atoms with van der Waals surface area (Å²) in [6.45, 7) is 1.51. The predicted octanol–water partition coefficient (Wildman–Crippen LogP) is -0.629. The van der Waals surface area contributed by atoms with Crippen molar-refractivity contribution < 1.29 is 9.18 Å². The topological polar surface area (TPSA) is 135 Å². The highest BCUT2D eigenvalue weighted by atomic mass is 19.1. The number of nitrogens with zero attached hydrogens (tertiary/aromatic N) is 3. The summed E-state index contributed by atoms with van der Waals surface area (Å²) in [6, 6.07) is 8.96. The minimum absolute atomic E-state index is 0.0251. The van der Waals surface area contributed by atoms with Crippen molar-refractivity contribution in [3.8, 4) is 6.07 Å². The van der Waals surface area contributed by atoms with Crippen molar-refractivity contribution in [1.82, 2.24) is 14.5 Å². The van der Waals surface area contributed by atoms with Gasteiger partial charge in [-0.25, -0.2) is 9.78 Å². The zero-order chi connectivity index (χ0) is 21.3. The van der Waals surface area contributed by atoms with Crippen LogP contribution >= 0.6 is 0 Å². The molecule has 0 aliphatic rings. The maximum atomic E-state index is 13.6. The van der Waals surface area contributed by atoms with E-state index in [0.717, 1.165) is 10.6 Å². The number of nitriles is 1. The van der Waals surface area contributed by atoms with Gasteiger partial charge in [0.05, 0.1) is 23.9 Å². The molecule has 0 amide bonds. The quantitative estimate of drug-likeness (QED) is 0.346. The number of carbonyl (C=O) groups excluding carboxylic acids is 1. The second kappa shape index (κ2) is 7.56. The number of hydrogen-bond acceptors (Lipinski definition) is 6. The van der Waals surface area contributed by atoms with Crippen LogP contribution in [0, 0.1) is 24.2 Å². The van der Waals surface area contributed by atoms with Crippen LogP contribution in [0.15, 0.2) is 39.9 Å². The third-order valence-electron chi connectivity index (χ3n) is 4.33. The molecule has 3 rings (SSSR count). The van der Waals surface area contributed by atoms with Gasteiger partial charge >= 0.3 is 5.69 Å². The van der Waals surface area contributed by atoms with E-state index in [1.54, 1.807) is 19.1 Å². The van der Waals surface area contributed by atoms with Gasteiger partial charge in [-0.2, -0.15) is 9.65 Å². The molecule has 0 bridgehead atoms. The van der Waals surface area contributed by atoms with Gasteiger partial charge in [0.15, 0.2) is 0 Å². The summed E-state index contributed by atoms with van der Waals surface area (Å²) in [5.74, 6) is -1.52. The van der Waals surface area contributed by atoms with Gasteiger partial charge in [-0.05, 0) is 48.4 Å². The standard InChI is InChI=1S/C19H15BFN5O3/c1-9-2-10(7-22)4-12(3-9)17(27)16-15(20)18(28)25-19(29)26(16)8-11-5-13(21)24-14(23)6-11/h2-6H,8,20H2,1H3,(H2,23,24)(H,25,28,29). The number of nitrogen functional groups attached to an aromatic ring is 1. The molecular formula is C19H15BFN5O3. The normalized spacial score (nSPS) is 10.5. The molecule has 0 unspecified atom stereocenters. The van der Waals surface area contributed by atoms with Crippen molar-refractivity contribution in [3.05, 3.63) is 85.1 Å². The van der Waals surface area contributed by atoms with Crippen molar-refractivity contribution in [1.29, 1.82) is 5.26 Å². The van der Waals surface area contributed by atoms with Crippen LogP contribution in [0.25, 0.3) is 0 Å². The highest BCUT2D eigenvalue weighted by Crippen LogP contribution is 2.14. The van der Waals surface area contributed by atoms with Crippen molar-refractivity contribution in [3.63, 3.8) is 0 Å². The van der Waals surface area contributed by atoms with Crippen LogP contribution < -0.4 is 22.4 Å². The summed E-state index contributed by atoms with van der Waals surface area (Å²) < 4.78 is 14.6. The van der Waals surface area contributed by atoms with E-state index in [-0.39, 0.29) is 34.6 Å². The molecule has 8 nitrogen and oxygen atoms in total. The summed E-state index contributed by atoms with van der Waals surface area (Å²) in [4.78, 5) is 43.4. The number of hydrogen-bond donors (Lipinski definition) is 2. The van der Waals surface area contributed by atoms with E-state index in [1.807, 2.05) is 6.07 Å². The molecule has 0 saturated carbocycles. The van der Waals surface area contributed by atoms with E-state index in [9.17, 15) is 18.8 Å². The van der Waals surface area contributed by atoms with E-state index in [4.69, 9.17) is 11.0 Å².